The predicted molar refractivity (Wildman–Crippen MR) is 118 cm³/mol. The molecule has 1 amide bonds. The average molecular weight is 445 g/mol. The first-order valence-corrected chi connectivity index (χ1v) is 13.1. The molecule has 7 nitrogen and oxygen atoms in total. The van der Waals surface area contributed by atoms with Crippen molar-refractivity contribution in [3.05, 3.63) is 34.8 Å². The van der Waals surface area contributed by atoms with Gasteiger partial charge in [-0.2, -0.15) is 5.10 Å². The maximum absolute atomic E-state index is 13.3. The summed E-state index contributed by atoms with van der Waals surface area (Å²) in [6.45, 7) is 1.86. The van der Waals surface area contributed by atoms with Crippen LogP contribution in [0.3, 0.4) is 0 Å². The Bertz CT molecular complexity index is 1210. The van der Waals surface area contributed by atoms with Crippen molar-refractivity contribution in [1.82, 2.24) is 20.1 Å². The summed E-state index contributed by atoms with van der Waals surface area (Å²) in [5.41, 5.74) is 2.59. The van der Waals surface area contributed by atoms with Crippen molar-refractivity contribution in [2.24, 2.45) is 0 Å². The summed E-state index contributed by atoms with van der Waals surface area (Å²) < 4.78 is 25.8. The van der Waals surface area contributed by atoms with E-state index in [1.807, 2.05) is 30.5 Å². The van der Waals surface area contributed by atoms with E-state index in [4.69, 9.17) is 4.98 Å². The number of thiophene rings is 1. The van der Waals surface area contributed by atoms with Crippen molar-refractivity contribution in [2.45, 2.75) is 51.1 Å². The summed E-state index contributed by atoms with van der Waals surface area (Å²) in [6, 6.07) is 5.74. The first kappa shape index (κ1) is 19.7. The number of hydrogen-bond acceptors (Lipinski definition) is 6. The van der Waals surface area contributed by atoms with Crippen LogP contribution in [0.2, 0.25) is 0 Å². The van der Waals surface area contributed by atoms with Gasteiger partial charge < -0.3 is 5.32 Å². The number of sulfone groups is 1. The van der Waals surface area contributed by atoms with Crippen LogP contribution in [0, 0.1) is 6.92 Å². The zero-order valence-electron chi connectivity index (χ0n) is 16.8. The van der Waals surface area contributed by atoms with E-state index in [1.165, 1.54) is 0 Å². The Kier molecular flexibility index (Phi) is 4.89. The van der Waals surface area contributed by atoms with Crippen LogP contribution >= 0.6 is 11.3 Å². The van der Waals surface area contributed by atoms with E-state index >= 15 is 0 Å². The summed E-state index contributed by atoms with van der Waals surface area (Å²) in [6.07, 6.45) is 4.83. The fourth-order valence-corrected chi connectivity index (χ4v) is 6.98. The molecule has 1 N–H and O–H groups in total. The Hall–Kier alpha value is -2.26. The lowest BCUT2D eigenvalue weighted by Gasteiger charge is -2.14. The number of pyridine rings is 1. The molecular weight excluding hydrogens is 420 g/mol. The van der Waals surface area contributed by atoms with E-state index in [0.29, 0.717) is 23.3 Å². The van der Waals surface area contributed by atoms with Crippen LogP contribution in [-0.4, -0.2) is 46.6 Å². The largest absolute Gasteiger partial charge is 0.349 e. The fourth-order valence-electron chi connectivity index (χ4n) is 4.60. The predicted octanol–water partition coefficient (Wildman–Crippen LogP) is 3.50. The molecule has 0 radical (unpaired) electrons. The van der Waals surface area contributed by atoms with Gasteiger partial charge >= 0.3 is 0 Å². The Morgan fingerprint density at radius 2 is 2.07 bits per heavy atom. The second-order valence-corrected chi connectivity index (χ2v) is 11.4. The van der Waals surface area contributed by atoms with Gasteiger partial charge in [0.15, 0.2) is 15.5 Å². The minimum atomic E-state index is -3.06. The first-order chi connectivity index (χ1) is 14.4. The van der Waals surface area contributed by atoms with E-state index in [-0.39, 0.29) is 29.5 Å². The van der Waals surface area contributed by atoms with Crippen molar-refractivity contribution in [2.75, 3.05) is 11.5 Å². The molecular formula is C21H24N4O3S2. The van der Waals surface area contributed by atoms with Gasteiger partial charge in [-0.25, -0.2) is 18.1 Å². The smallest absolute Gasteiger partial charge is 0.252 e. The number of nitrogens with zero attached hydrogens (tertiary/aromatic N) is 3. The highest BCUT2D eigenvalue weighted by molar-refractivity contribution is 7.91. The molecule has 30 heavy (non-hydrogen) atoms. The Morgan fingerprint density at radius 1 is 1.27 bits per heavy atom. The quantitative estimate of drug-likeness (QED) is 0.665. The topological polar surface area (TPSA) is 93.9 Å². The number of aryl methyl sites for hydroxylation is 1. The summed E-state index contributed by atoms with van der Waals surface area (Å²) >= 11 is 1.56. The maximum Gasteiger partial charge on any atom is 0.252 e. The standard InChI is InChI=1S/C21H24N4O3S2/c1-13-19-16(21(26)22-14-5-2-3-6-14)11-17(18-7-4-9-29-18)23-20(19)25(24-13)15-8-10-30(27,28)12-15/h4,7,9,11,14-15H,2-3,5-6,8,10,12H2,1H3,(H,22,26)/t15-/m0/s1. The molecule has 1 saturated carbocycles. The maximum atomic E-state index is 13.3. The highest BCUT2D eigenvalue weighted by atomic mass is 32.2. The van der Waals surface area contributed by atoms with Crippen molar-refractivity contribution >= 4 is 38.1 Å². The van der Waals surface area contributed by atoms with Gasteiger partial charge in [-0.05, 0) is 43.7 Å². The number of nitrogens with one attached hydrogen (secondary N) is 1. The third-order valence-corrected chi connectivity index (χ3v) is 8.74. The van der Waals surface area contributed by atoms with Gasteiger partial charge in [0.2, 0.25) is 0 Å². The Balaban J connectivity index is 1.65. The molecule has 158 valence electrons. The number of carbonyl (C=O) groups excluding carboxylic acids is 1. The number of hydrogen-bond donors (Lipinski definition) is 1. The van der Waals surface area contributed by atoms with Gasteiger partial charge in [-0.1, -0.05) is 18.9 Å². The molecule has 1 saturated heterocycles. The van der Waals surface area contributed by atoms with Crippen LogP contribution in [0.25, 0.3) is 21.6 Å². The van der Waals surface area contributed by atoms with Crippen LogP contribution in [0.4, 0.5) is 0 Å². The van der Waals surface area contributed by atoms with Crippen molar-refractivity contribution in [3.8, 4) is 10.6 Å². The normalized spacial score (nSPS) is 21.4. The first-order valence-electron chi connectivity index (χ1n) is 10.4. The van der Waals surface area contributed by atoms with E-state index in [1.54, 1.807) is 16.0 Å². The number of fused-ring (bicyclic) bond motifs is 1. The molecule has 1 aliphatic carbocycles. The third kappa shape index (κ3) is 3.54. The summed E-state index contributed by atoms with van der Waals surface area (Å²) in [4.78, 5) is 19.1. The second kappa shape index (κ2) is 7.46. The highest BCUT2D eigenvalue weighted by Crippen LogP contribution is 2.33. The molecule has 1 aliphatic heterocycles. The lowest BCUT2D eigenvalue weighted by Crippen LogP contribution is -2.32. The van der Waals surface area contributed by atoms with Crippen LogP contribution in [0.5, 0.6) is 0 Å². The van der Waals surface area contributed by atoms with E-state index in [0.717, 1.165) is 41.6 Å². The van der Waals surface area contributed by atoms with Crippen molar-refractivity contribution < 1.29 is 13.2 Å². The Morgan fingerprint density at radius 3 is 2.73 bits per heavy atom. The molecule has 0 bridgehead atoms. The van der Waals surface area contributed by atoms with Crippen LogP contribution in [0.1, 0.15) is 54.2 Å². The summed E-state index contributed by atoms with van der Waals surface area (Å²) in [5, 5.41) is 10.5. The Labute approximate surface area is 179 Å². The van der Waals surface area contributed by atoms with Crippen LogP contribution in [0.15, 0.2) is 23.6 Å². The molecule has 2 fully saturated rings. The van der Waals surface area contributed by atoms with E-state index in [9.17, 15) is 13.2 Å². The number of rotatable bonds is 4. The fraction of sp³-hybridized carbons (Fsp3) is 0.476. The van der Waals surface area contributed by atoms with Gasteiger partial charge in [0.1, 0.15) is 0 Å². The van der Waals surface area contributed by atoms with Crippen LogP contribution in [-0.2, 0) is 9.84 Å². The molecule has 5 rings (SSSR count). The lowest BCUT2D eigenvalue weighted by atomic mass is 10.1. The summed E-state index contributed by atoms with van der Waals surface area (Å²) in [5.74, 6) is 0.129. The lowest BCUT2D eigenvalue weighted by molar-refractivity contribution is 0.0939. The molecule has 9 heteroatoms. The van der Waals surface area contributed by atoms with Gasteiger partial charge in [0, 0.05) is 6.04 Å². The molecule has 1 atom stereocenters. The SMILES string of the molecule is Cc1nn([C@H]2CCS(=O)(=O)C2)c2nc(-c3cccs3)cc(C(=O)NC3CCCC3)c12. The average Bonchev–Trinajstić information content (AvgIpc) is 3.49. The zero-order valence-corrected chi connectivity index (χ0v) is 18.4. The molecule has 0 unspecified atom stereocenters. The third-order valence-electron chi connectivity index (χ3n) is 6.10. The number of carbonyl (C=O) groups is 1. The van der Waals surface area contributed by atoms with Gasteiger partial charge in [0.25, 0.3) is 5.91 Å². The second-order valence-electron chi connectivity index (χ2n) is 8.27. The van der Waals surface area contributed by atoms with Gasteiger partial charge in [-0.3, -0.25) is 4.79 Å². The summed E-state index contributed by atoms with van der Waals surface area (Å²) in [7, 11) is -3.06. The molecule has 3 aromatic heterocycles. The van der Waals surface area contributed by atoms with Gasteiger partial charge in [0.05, 0.1) is 44.8 Å². The molecule has 0 aromatic carbocycles. The monoisotopic (exact) mass is 444 g/mol. The molecule has 3 aromatic rings. The van der Waals surface area contributed by atoms with Crippen molar-refractivity contribution in [1.29, 1.82) is 0 Å². The minimum absolute atomic E-state index is 0.0672. The molecule has 0 spiro atoms. The highest BCUT2D eigenvalue weighted by Gasteiger charge is 2.32. The van der Waals surface area contributed by atoms with Crippen LogP contribution < -0.4 is 5.32 Å². The number of aromatic nitrogens is 3. The van der Waals surface area contributed by atoms with E-state index < -0.39 is 9.84 Å². The molecule has 2 aliphatic rings. The van der Waals surface area contributed by atoms with Gasteiger partial charge in [-0.15, -0.1) is 11.3 Å². The number of amides is 1. The van der Waals surface area contributed by atoms with E-state index in [2.05, 4.69) is 10.4 Å². The zero-order chi connectivity index (χ0) is 20.9. The van der Waals surface area contributed by atoms with Crippen molar-refractivity contribution in [3.63, 3.8) is 0 Å². The minimum Gasteiger partial charge on any atom is -0.349 e. The molecule has 4 heterocycles.